The Hall–Kier alpha value is -4.83. The molecule has 3 aromatic carbocycles. The topological polar surface area (TPSA) is 97.6 Å². The molecule has 0 N–H and O–H groups in total. The molecule has 1 aromatic heterocycles. The van der Waals surface area contributed by atoms with Gasteiger partial charge in [0.1, 0.15) is 12.6 Å². The van der Waals surface area contributed by atoms with E-state index in [-0.39, 0.29) is 19.0 Å². The van der Waals surface area contributed by atoms with E-state index in [1.165, 1.54) is 15.9 Å². The van der Waals surface area contributed by atoms with E-state index < -0.39 is 12.0 Å². The number of thiazole rings is 1. The fraction of sp³-hybridized carbons (Fsp3) is 0.219. The maximum atomic E-state index is 13.6. The quantitative estimate of drug-likeness (QED) is 0.286. The van der Waals surface area contributed by atoms with Gasteiger partial charge in [0.15, 0.2) is 27.8 Å². The monoisotopic (exact) mass is 584 g/mol. The lowest BCUT2D eigenvalue weighted by Gasteiger charge is -2.22. The average molecular weight is 585 g/mol. The van der Waals surface area contributed by atoms with Crippen molar-refractivity contribution in [2.75, 3.05) is 20.5 Å². The van der Waals surface area contributed by atoms with E-state index in [0.29, 0.717) is 50.2 Å². The first-order valence-corrected chi connectivity index (χ1v) is 14.2. The van der Waals surface area contributed by atoms with Crippen LogP contribution in [-0.4, -0.2) is 31.0 Å². The summed E-state index contributed by atoms with van der Waals surface area (Å²) in [6, 6.07) is 20.1. The van der Waals surface area contributed by atoms with Gasteiger partial charge < -0.3 is 23.7 Å². The third-order valence-corrected chi connectivity index (χ3v) is 7.96. The van der Waals surface area contributed by atoms with Crippen molar-refractivity contribution in [3.8, 4) is 23.0 Å². The summed E-state index contributed by atoms with van der Waals surface area (Å²) < 4.78 is 29.9. The molecule has 2 aliphatic heterocycles. The van der Waals surface area contributed by atoms with Gasteiger partial charge in [-0.3, -0.25) is 9.36 Å². The zero-order valence-electron chi connectivity index (χ0n) is 23.3. The van der Waals surface area contributed by atoms with E-state index in [2.05, 4.69) is 0 Å². The summed E-state index contributed by atoms with van der Waals surface area (Å²) in [5, 5.41) is 0. The zero-order valence-corrected chi connectivity index (χ0v) is 24.1. The first-order chi connectivity index (χ1) is 20.5. The molecular weight excluding hydrogens is 556 g/mol. The Labute approximate surface area is 245 Å². The number of hydrogen-bond donors (Lipinski definition) is 0. The second kappa shape index (κ2) is 11.6. The fourth-order valence-corrected chi connectivity index (χ4v) is 5.96. The third-order valence-electron chi connectivity index (χ3n) is 6.97. The van der Waals surface area contributed by atoms with Crippen LogP contribution in [0.5, 0.6) is 23.0 Å². The highest BCUT2D eigenvalue weighted by atomic mass is 32.1. The number of ether oxygens (including phenoxy) is 5. The van der Waals surface area contributed by atoms with Gasteiger partial charge in [-0.05, 0) is 60.9 Å². The second-order valence-electron chi connectivity index (χ2n) is 9.58. The molecule has 0 spiro atoms. The van der Waals surface area contributed by atoms with Crippen molar-refractivity contribution in [2.24, 2.45) is 4.99 Å². The number of esters is 1. The molecule has 0 unspecified atom stereocenters. The summed E-state index contributed by atoms with van der Waals surface area (Å²) in [6.07, 6.45) is 1.78. The molecule has 10 heteroatoms. The lowest BCUT2D eigenvalue weighted by Crippen LogP contribution is -2.35. The van der Waals surface area contributed by atoms with E-state index in [9.17, 15) is 9.59 Å². The highest BCUT2D eigenvalue weighted by Crippen LogP contribution is 2.39. The summed E-state index contributed by atoms with van der Waals surface area (Å²) in [7, 11) is 1.58. The van der Waals surface area contributed by atoms with Crippen molar-refractivity contribution in [1.29, 1.82) is 0 Å². The second-order valence-corrected chi connectivity index (χ2v) is 10.6. The number of aromatic nitrogens is 1. The van der Waals surface area contributed by atoms with Gasteiger partial charge >= 0.3 is 5.97 Å². The lowest BCUT2D eigenvalue weighted by atomic mass is 9.96. The molecule has 0 amide bonds. The molecule has 0 saturated heterocycles. The summed E-state index contributed by atoms with van der Waals surface area (Å²) in [5.41, 5.74) is 3.04. The Bertz CT molecular complexity index is 1870. The van der Waals surface area contributed by atoms with Gasteiger partial charge in [0.25, 0.3) is 5.56 Å². The molecule has 9 nitrogen and oxygen atoms in total. The van der Waals surface area contributed by atoms with E-state index in [4.69, 9.17) is 28.7 Å². The summed E-state index contributed by atoms with van der Waals surface area (Å²) in [6.45, 7) is 4.21. The molecule has 4 aromatic rings. The Balaban J connectivity index is 1.39. The number of methoxy groups -OCH3 is 1. The molecule has 3 heterocycles. The number of carbonyl (C=O) groups is 1. The van der Waals surface area contributed by atoms with Crippen molar-refractivity contribution in [3.05, 3.63) is 109 Å². The van der Waals surface area contributed by atoms with Crippen LogP contribution < -0.4 is 33.8 Å². The SMILES string of the molecule is CCOC(=O)C1=C(C)n2c(s/c(=C\c3ccc(OCc4ccccc4)c(OC)c3)c2=O)=N[C@H]1c1ccc2c(c1)OCO2. The van der Waals surface area contributed by atoms with Crippen LogP contribution in [-0.2, 0) is 16.1 Å². The number of nitrogens with zero attached hydrogens (tertiary/aromatic N) is 2. The van der Waals surface area contributed by atoms with Crippen molar-refractivity contribution in [3.63, 3.8) is 0 Å². The van der Waals surface area contributed by atoms with Crippen LogP contribution in [0.1, 0.15) is 36.6 Å². The Morgan fingerprint density at radius 1 is 1.07 bits per heavy atom. The normalized spacial score (nSPS) is 15.7. The number of rotatable bonds is 8. The minimum absolute atomic E-state index is 0.134. The minimum Gasteiger partial charge on any atom is -0.493 e. The molecule has 0 fully saturated rings. The van der Waals surface area contributed by atoms with Crippen LogP contribution in [0.15, 0.2) is 82.1 Å². The van der Waals surface area contributed by atoms with Crippen LogP contribution in [0.4, 0.5) is 0 Å². The first kappa shape index (κ1) is 27.3. The van der Waals surface area contributed by atoms with Crippen LogP contribution in [0.2, 0.25) is 0 Å². The molecule has 0 saturated carbocycles. The van der Waals surface area contributed by atoms with Crippen molar-refractivity contribution < 1.29 is 28.5 Å². The van der Waals surface area contributed by atoms with Crippen LogP contribution in [0.25, 0.3) is 11.8 Å². The van der Waals surface area contributed by atoms with Gasteiger partial charge in [-0.25, -0.2) is 9.79 Å². The maximum Gasteiger partial charge on any atom is 0.338 e. The van der Waals surface area contributed by atoms with Gasteiger partial charge in [0, 0.05) is 5.70 Å². The number of fused-ring (bicyclic) bond motifs is 2. The van der Waals surface area contributed by atoms with Gasteiger partial charge in [0.2, 0.25) is 6.79 Å². The minimum atomic E-state index is -0.675. The zero-order chi connectivity index (χ0) is 29.2. The lowest BCUT2D eigenvalue weighted by molar-refractivity contribution is -0.138. The summed E-state index contributed by atoms with van der Waals surface area (Å²) in [4.78, 5) is 32.1. The van der Waals surface area contributed by atoms with Crippen LogP contribution >= 0.6 is 11.3 Å². The molecular formula is C32H28N2O7S. The largest absolute Gasteiger partial charge is 0.493 e. The fourth-order valence-electron chi connectivity index (χ4n) is 4.92. The summed E-state index contributed by atoms with van der Waals surface area (Å²) in [5.74, 6) is 1.84. The predicted molar refractivity (Wildman–Crippen MR) is 158 cm³/mol. The Morgan fingerprint density at radius 2 is 1.88 bits per heavy atom. The number of carbonyl (C=O) groups excluding carboxylic acids is 1. The molecule has 0 bridgehead atoms. The molecule has 6 rings (SSSR count). The van der Waals surface area contributed by atoms with Crippen molar-refractivity contribution >= 4 is 29.1 Å². The predicted octanol–water partition coefficient (Wildman–Crippen LogP) is 4.22. The third kappa shape index (κ3) is 5.16. The van der Waals surface area contributed by atoms with Gasteiger partial charge in [-0.15, -0.1) is 0 Å². The van der Waals surface area contributed by atoms with Crippen molar-refractivity contribution in [1.82, 2.24) is 4.57 Å². The molecule has 0 aliphatic carbocycles. The molecule has 42 heavy (non-hydrogen) atoms. The molecule has 214 valence electrons. The maximum absolute atomic E-state index is 13.6. The van der Waals surface area contributed by atoms with Gasteiger partial charge in [-0.2, -0.15) is 0 Å². The van der Waals surface area contributed by atoms with Crippen LogP contribution in [0, 0.1) is 0 Å². The summed E-state index contributed by atoms with van der Waals surface area (Å²) >= 11 is 1.25. The van der Waals surface area contributed by atoms with E-state index in [1.807, 2.05) is 60.7 Å². The van der Waals surface area contributed by atoms with Gasteiger partial charge in [-0.1, -0.05) is 53.8 Å². The van der Waals surface area contributed by atoms with E-state index in [1.54, 1.807) is 33.1 Å². The Kier molecular flexibility index (Phi) is 7.54. The highest BCUT2D eigenvalue weighted by Gasteiger charge is 2.32. The van der Waals surface area contributed by atoms with E-state index >= 15 is 0 Å². The molecule has 1 atom stereocenters. The van der Waals surface area contributed by atoms with E-state index in [0.717, 1.165) is 16.7 Å². The highest BCUT2D eigenvalue weighted by molar-refractivity contribution is 7.07. The van der Waals surface area contributed by atoms with Gasteiger partial charge in [0.05, 0.1) is 23.8 Å². The Morgan fingerprint density at radius 3 is 2.67 bits per heavy atom. The average Bonchev–Trinajstić information content (AvgIpc) is 3.60. The smallest absolute Gasteiger partial charge is 0.338 e. The number of allylic oxidation sites excluding steroid dienone is 1. The van der Waals surface area contributed by atoms with Crippen LogP contribution in [0.3, 0.4) is 0 Å². The van der Waals surface area contributed by atoms with Crippen molar-refractivity contribution in [2.45, 2.75) is 26.5 Å². The standard InChI is InChI=1S/C32H28N2O7S/c1-4-38-31(36)28-19(2)34-30(35)27(42-32(34)33-29(28)22-11-13-24-26(16-22)41-18-40-24)15-21-10-12-23(25(14-21)37-3)39-17-20-8-6-5-7-9-20/h5-16,29H,4,17-18H2,1-3H3/b27-15-/t29-/m0/s1. The first-order valence-electron chi connectivity index (χ1n) is 13.4. The number of hydrogen-bond acceptors (Lipinski definition) is 9. The molecule has 2 aliphatic rings. The number of benzene rings is 3. The molecule has 0 radical (unpaired) electrons.